The van der Waals surface area contributed by atoms with Crippen LogP contribution in [0.25, 0.3) is 0 Å². The molecular weight excluding hydrogens is 368 g/mol. The largest absolute Gasteiger partial charge is 0.462 e. The van der Waals surface area contributed by atoms with Gasteiger partial charge in [0.15, 0.2) is 11.2 Å². The molecule has 1 aliphatic rings. The standard InChI is InChI=1S/C24H26O5/c1-15(2)28-22(26)24(23(27)29-16(3)4)19(17-11-7-5-8-12-17)20(24)21(25)18-13-9-6-10-14-18/h5-16,19-20H,1-4H3/t19-,20+/m1/s1. The third-order valence-corrected chi connectivity index (χ3v) is 5.07. The predicted octanol–water partition coefficient (Wildman–Crippen LogP) is 4.17. The fourth-order valence-electron chi connectivity index (χ4n) is 3.86. The molecule has 0 spiro atoms. The highest BCUT2D eigenvalue weighted by Gasteiger charge is 2.79. The number of ether oxygens (including phenoxy) is 2. The molecule has 0 unspecified atom stereocenters. The summed E-state index contributed by atoms with van der Waals surface area (Å²) in [5.74, 6) is -3.18. The Morgan fingerprint density at radius 2 is 1.21 bits per heavy atom. The molecule has 1 fully saturated rings. The molecule has 152 valence electrons. The minimum Gasteiger partial charge on any atom is -0.462 e. The van der Waals surface area contributed by atoms with Crippen LogP contribution in [0.3, 0.4) is 0 Å². The topological polar surface area (TPSA) is 69.7 Å². The summed E-state index contributed by atoms with van der Waals surface area (Å²) in [5.41, 5.74) is -0.485. The van der Waals surface area contributed by atoms with Crippen LogP contribution in [0.4, 0.5) is 0 Å². The van der Waals surface area contributed by atoms with Gasteiger partial charge in [-0.3, -0.25) is 14.4 Å². The average molecular weight is 394 g/mol. The number of rotatable bonds is 7. The Bertz CT molecular complexity index is 864. The number of carbonyl (C=O) groups is 3. The Labute approximate surface area is 171 Å². The molecule has 3 rings (SSSR count). The van der Waals surface area contributed by atoms with Gasteiger partial charge < -0.3 is 9.47 Å². The third kappa shape index (κ3) is 3.82. The van der Waals surface area contributed by atoms with Crippen LogP contribution in [0.2, 0.25) is 0 Å². The van der Waals surface area contributed by atoms with E-state index in [1.807, 2.05) is 36.4 Å². The van der Waals surface area contributed by atoms with Crippen molar-refractivity contribution >= 4 is 17.7 Å². The fraction of sp³-hybridized carbons (Fsp3) is 0.375. The predicted molar refractivity (Wildman–Crippen MR) is 108 cm³/mol. The number of ketones is 1. The van der Waals surface area contributed by atoms with Crippen LogP contribution in [0.1, 0.15) is 49.5 Å². The lowest BCUT2D eigenvalue weighted by molar-refractivity contribution is -0.169. The summed E-state index contributed by atoms with van der Waals surface area (Å²) in [5, 5.41) is 0. The highest BCUT2D eigenvalue weighted by molar-refractivity contribution is 6.16. The highest BCUT2D eigenvalue weighted by Crippen LogP contribution is 2.67. The van der Waals surface area contributed by atoms with E-state index in [0.717, 1.165) is 5.56 Å². The quantitative estimate of drug-likeness (QED) is 0.400. The first-order chi connectivity index (χ1) is 13.8. The third-order valence-electron chi connectivity index (χ3n) is 5.07. The van der Waals surface area contributed by atoms with Crippen LogP contribution < -0.4 is 0 Å². The molecule has 5 nitrogen and oxygen atoms in total. The molecule has 2 atom stereocenters. The Balaban J connectivity index is 2.11. The maximum Gasteiger partial charge on any atom is 0.325 e. The number of esters is 2. The molecule has 5 heteroatoms. The van der Waals surface area contributed by atoms with Gasteiger partial charge in [0.05, 0.1) is 18.1 Å². The molecule has 0 saturated heterocycles. The van der Waals surface area contributed by atoms with E-state index < -0.39 is 41.4 Å². The van der Waals surface area contributed by atoms with Crippen molar-refractivity contribution in [1.82, 2.24) is 0 Å². The number of carbonyl (C=O) groups excluding carboxylic acids is 3. The van der Waals surface area contributed by atoms with Crippen molar-refractivity contribution in [1.29, 1.82) is 0 Å². The van der Waals surface area contributed by atoms with Gasteiger partial charge in [0.1, 0.15) is 0 Å². The first kappa shape index (κ1) is 20.8. The van der Waals surface area contributed by atoms with Crippen LogP contribution in [-0.2, 0) is 19.1 Å². The molecule has 2 aromatic carbocycles. The van der Waals surface area contributed by atoms with Gasteiger partial charge in [0.2, 0.25) is 0 Å². The molecule has 0 heterocycles. The molecule has 29 heavy (non-hydrogen) atoms. The zero-order valence-electron chi connectivity index (χ0n) is 17.1. The first-order valence-electron chi connectivity index (χ1n) is 9.86. The lowest BCUT2D eigenvalue weighted by Gasteiger charge is -2.19. The van der Waals surface area contributed by atoms with Gasteiger partial charge in [-0.2, -0.15) is 0 Å². The van der Waals surface area contributed by atoms with Gasteiger partial charge in [-0.25, -0.2) is 0 Å². The smallest absolute Gasteiger partial charge is 0.325 e. The first-order valence-corrected chi connectivity index (χ1v) is 9.86. The lowest BCUT2D eigenvalue weighted by Crippen LogP contribution is -2.36. The van der Waals surface area contributed by atoms with E-state index in [-0.39, 0.29) is 5.78 Å². The Hall–Kier alpha value is -2.95. The summed E-state index contributed by atoms with van der Waals surface area (Å²) in [6.45, 7) is 6.86. The van der Waals surface area contributed by atoms with E-state index in [4.69, 9.17) is 9.47 Å². The van der Waals surface area contributed by atoms with E-state index in [1.54, 1.807) is 52.0 Å². The second-order valence-electron chi connectivity index (χ2n) is 7.87. The molecule has 0 bridgehead atoms. The van der Waals surface area contributed by atoms with Crippen molar-refractivity contribution in [3.8, 4) is 0 Å². The Morgan fingerprint density at radius 1 is 0.759 bits per heavy atom. The molecule has 0 aromatic heterocycles. The van der Waals surface area contributed by atoms with E-state index in [0.29, 0.717) is 5.56 Å². The summed E-state index contributed by atoms with van der Waals surface area (Å²) in [7, 11) is 0. The molecule has 0 radical (unpaired) electrons. The van der Waals surface area contributed by atoms with E-state index in [1.165, 1.54) is 0 Å². The van der Waals surface area contributed by atoms with Gasteiger partial charge in [-0.1, -0.05) is 60.7 Å². The van der Waals surface area contributed by atoms with Gasteiger partial charge in [0.25, 0.3) is 0 Å². The molecule has 1 aliphatic carbocycles. The lowest BCUT2D eigenvalue weighted by atomic mass is 9.97. The maximum absolute atomic E-state index is 13.4. The zero-order valence-corrected chi connectivity index (χ0v) is 17.1. The molecule has 1 saturated carbocycles. The van der Waals surface area contributed by atoms with Crippen LogP contribution in [0.5, 0.6) is 0 Å². The van der Waals surface area contributed by atoms with Gasteiger partial charge in [-0.15, -0.1) is 0 Å². The van der Waals surface area contributed by atoms with Gasteiger partial charge in [0, 0.05) is 11.5 Å². The second kappa shape index (κ2) is 8.19. The number of benzene rings is 2. The summed E-state index contributed by atoms with van der Waals surface area (Å²) in [6, 6.07) is 17.8. The van der Waals surface area contributed by atoms with Crippen LogP contribution in [0, 0.1) is 11.3 Å². The summed E-state index contributed by atoms with van der Waals surface area (Å²) in [6.07, 6.45) is -0.841. The van der Waals surface area contributed by atoms with Gasteiger partial charge in [-0.05, 0) is 33.3 Å². The molecule has 0 N–H and O–H groups in total. The zero-order chi connectivity index (χ0) is 21.2. The molecule has 2 aromatic rings. The average Bonchev–Trinajstić information content (AvgIpc) is 3.39. The van der Waals surface area contributed by atoms with Crippen molar-refractivity contribution in [3.05, 3.63) is 71.8 Å². The highest BCUT2D eigenvalue weighted by atomic mass is 16.6. The monoisotopic (exact) mass is 394 g/mol. The van der Waals surface area contributed by atoms with Gasteiger partial charge >= 0.3 is 11.9 Å². The number of hydrogen-bond acceptors (Lipinski definition) is 5. The Kier molecular flexibility index (Phi) is 5.87. The van der Waals surface area contributed by atoms with E-state index in [9.17, 15) is 14.4 Å². The number of Topliss-reactive ketones (excluding diaryl/α,β-unsaturated/α-hetero) is 1. The van der Waals surface area contributed by atoms with Crippen molar-refractivity contribution in [2.45, 2.75) is 45.8 Å². The normalized spacial score (nSPS) is 19.7. The summed E-state index contributed by atoms with van der Waals surface area (Å²) in [4.78, 5) is 39.8. The van der Waals surface area contributed by atoms with Crippen LogP contribution >= 0.6 is 0 Å². The fourth-order valence-corrected chi connectivity index (χ4v) is 3.86. The minimum atomic E-state index is -1.68. The van der Waals surface area contributed by atoms with E-state index in [2.05, 4.69) is 0 Å². The number of hydrogen-bond donors (Lipinski definition) is 0. The van der Waals surface area contributed by atoms with Crippen molar-refractivity contribution in [2.75, 3.05) is 0 Å². The van der Waals surface area contributed by atoms with Crippen molar-refractivity contribution < 1.29 is 23.9 Å². The van der Waals surface area contributed by atoms with Crippen LogP contribution in [0.15, 0.2) is 60.7 Å². The second-order valence-corrected chi connectivity index (χ2v) is 7.87. The minimum absolute atomic E-state index is 0.263. The van der Waals surface area contributed by atoms with E-state index >= 15 is 0 Å². The molecule has 0 aliphatic heterocycles. The van der Waals surface area contributed by atoms with Crippen molar-refractivity contribution in [2.24, 2.45) is 11.3 Å². The Morgan fingerprint density at radius 3 is 1.66 bits per heavy atom. The molecular formula is C24H26O5. The summed E-state index contributed by atoms with van der Waals surface area (Å²) < 4.78 is 10.9. The SMILES string of the molecule is CC(C)OC(=O)C1(C(=O)OC(C)C)[C@H](C(=O)c2ccccc2)[C@H]1c1ccccc1. The molecule has 0 amide bonds. The maximum atomic E-state index is 13.4. The van der Waals surface area contributed by atoms with Crippen molar-refractivity contribution in [3.63, 3.8) is 0 Å². The van der Waals surface area contributed by atoms with Crippen LogP contribution in [-0.4, -0.2) is 29.9 Å². The summed E-state index contributed by atoms with van der Waals surface area (Å²) >= 11 is 0.